The normalized spacial score (nSPS) is 18.4. The van der Waals surface area contributed by atoms with Crippen molar-refractivity contribution < 1.29 is 10.2 Å². The lowest BCUT2D eigenvalue weighted by Crippen LogP contribution is -2.55. The molecule has 2 aromatic carbocycles. The molecule has 20 heavy (non-hydrogen) atoms. The number of nitrogens with zero attached hydrogens (tertiary/aromatic N) is 1. The Bertz CT molecular complexity index is 710. The van der Waals surface area contributed by atoms with Gasteiger partial charge in [0, 0.05) is 35.9 Å². The van der Waals surface area contributed by atoms with E-state index in [1.165, 1.54) is 5.56 Å². The highest BCUT2D eigenvalue weighted by molar-refractivity contribution is 8.00. The number of aromatic hydroxyl groups is 2. The molecule has 0 aromatic heterocycles. The highest BCUT2D eigenvalue weighted by atomic mass is 32.2. The first-order valence-corrected chi connectivity index (χ1v) is 7.76. The number of hydrogen-bond donors (Lipinski definition) is 2. The van der Waals surface area contributed by atoms with Crippen LogP contribution in [0.2, 0.25) is 0 Å². The predicted octanol–water partition coefficient (Wildman–Crippen LogP) is 3.16. The van der Waals surface area contributed by atoms with Gasteiger partial charge in [-0.15, -0.1) is 0 Å². The Labute approximate surface area is 121 Å². The molecule has 0 aliphatic carbocycles. The lowest BCUT2D eigenvalue weighted by Gasteiger charge is -2.53. The molecule has 4 heteroatoms. The highest BCUT2D eigenvalue weighted by Crippen LogP contribution is 2.54. The number of phenolic OH excluding ortho intramolecular Hbond substituents is 2. The second-order valence-electron chi connectivity index (χ2n) is 5.51. The third-order valence-corrected chi connectivity index (χ3v) is 5.82. The topological polar surface area (TPSA) is 43.7 Å². The summed E-state index contributed by atoms with van der Waals surface area (Å²) in [5, 5.41) is 19.6. The summed E-state index contributed by atoms with van der Waals surface area (Å²) in [5.74, 6) is 2.63. The van der Waals surface area contributed by atoms with Gasteiger partial charge in [-0.3, -0.25) is 0 Å². The van der Waals surface area contributed by atoms with Gasteiger partial charge < -0.3 is 15.1 Å². The molecule has 0 atom stereocenters. The summed E-state index contributed by atoms with van der Waals surface area (Å²) in [5.41, 5.74) is 4.47. The fourth-order valence-electron chi connectivity index (χ4n) is 3.23. The van der Waals surface area contributed by atoms with Crippen LogP contribution >= 0.6 is 11.8 Å². The zero-order valence-electron chi connectivity index (χ0n) is 11.1. The fraction of sp³-hybridized carbons (Fsp3) is 0.250. The SMILES string of the molecule is CN1c2cc(O)ccc2-c2ccc(O)cc2C12CSC2. The van der Waals surface area contributed by atoms with E-state index in [0.717, 1.165) is 28.3 Å². The van der Waals surface area contributed by atoms with Crippen LogP contribution in [0.3, 0.4) is 0 Å². The number of phenols is 2. The minimum atomic E-state index is -0.0560. The minimum Gasteiger partial charge on any atom is -0.508 e. The molecule has 0 radical (unpaired) electrons. The third kappa shape index (κ3) is 1.37. The molecule has 0 bridgehead atoms. The highest BCUT2D eigenvalue weighted by Gasteiger charge is 2.48. The Balaban J connectivity index is 2.05. The standard InChI is InChI=1S/C16H15NO2S/c1-17-15-7-11(19)3-5-13(15)12-4-2-10(18)6-14(12)16(17)8-20-9-16/h2-7,18-19H,8-9H2,1H3. The molecule has 102 valence electrons. The molecule has 0 amide bonds. The van der Waals surface area contributed by atoms with Gasteiger partial charge in [0.15, 0.2) is 0 Å². The van der Waals surface area contributed by atoms with Gasteiger partial charge in [0.05, 0.1) is 5.54 Å². The van der Waals surface area contributed by atoms with Crippen LogP contribution in [0.15, 0.2) is 36.4 Å². The molecule has 3 nitrogen and oxygen atoms in total. The molecule has 4 rings (SSSR count). The number of rotatable bonds is 0. The van der Waals surface area contributed by atoms with Crippen molar-refractivity contribution in [3.63, 3.8) is 0 Å². The first-order chi connectivity index (χ1) is 9.62. The fourth-order valence-corrected chi connectivity index (χ4v) is 4.52. The zero-order chi connectivity index (χ0) is 13.9. The number of fused-ring (bicyclic) bond motifs is 4. The van der Waals surface area contributed by atoms with Crippen LogP contribution in [0.1, 0.15) is 5.56 Å². The average molecular weight is 285 g/mol. The van der Waals surface area contributed by atoms with E-state index in [2.05, 4.69) is 11.9 Å². The van der Waals surface area contributed by atoms with Crippen molar-refractivity contribution in [1.82, 2.24) is 0 Å². The quantitative estimate of drug-likeness (QED) is 0.780. The molecule has 0 saturated carbocycles. The summed E-state index contributed by atoms with van der Waals surface area (Å²) in [6.45, 7) is 0. The average Bonchev–Trinajstić information content (AvgIpc) is 2.37. The van der Waals surface area contributed by atoms with Gasteiger partial charge in [-0.25, -0.2) is 0 Å². The summed E-state index contributed by atoms with van der Waals surface area (Å²) in [7, 11) is 2.07. The van der Waals surface area contributed by atoms with E-state index in [1.807, 2.05) is 36.0 Å². The van der Waals surface area contributed by atoms with Gasteiger partial charge in [-0.05, 0) is 35.4 Å². The molecule has 2 N–H and O–H groups in total. The van der Waals surface area contributed by atoms with Crippen molar-refractivity contribution >= 4 is 17.4 Å². The monoisotopic (exact) mass is 285 g/mol. The van der Waals surface area contributed by atoms with Crippen molar-refractivity contribution in [2.24, 2.45) is 0 Å². The van der Waals surface area contributed by atoms with E-state index >= 15 is 0 Å². The van der Waals surface area contributed by atoms with Gasteiger partial charge in [-0.1, -0.05) is 6.07 Å². The van der Waals surface area contributed by atoms with Crippen LogP contribution in [0.25, 0.3) is 11.1 Å². The van der Waals surface area contributed by atoms with Crippen LogP contribution in [-0.2, 0) is 5.54 Å². The molecule has 1 fully saturated rings. The number of benzene rings is 2. The molecule has 2 aliphatic rings. The van der Waals surface area contributed by atoms with E-state index in [0.29, 0.717) is 11.5 Å². The Morgan fingerprint density at radius 2 is 1.65 bits per heavy atom. The lowest BCUT2D eigenvalue weighted by molar-refractivity contribution is 0.461. The second-order valence-corrected chi connectivity index (χ2v) is 6.50. The Hall–Kier alpha value is -1.81. The first-order valence-electron chi connectivity index (χ1n) is 6.60. The maximum absolute atomic E-state index is 9.85. The van der Waals surface area contributed by atoms with Crippen LogP contribution in [0, 0.1) is 0 Å². The van der Waals surface area contributed by atoms with E-state index in [9.17, 15) is 10.2 Å². The maximum Gasteiger partial charge on any atom is 0.117 e. The molecular weight excluding hydrogens is 270 g/mol. The van der Waals surface area contributed by atoms with Gasteiger partial charge in [0.2, 0.25) is 0 Å². The first kappa shape index (κ1) is 12.0. The van der Waals surface area contributed by atoms with Crippen molar-refractivity contribution in [1.29, 1.82) is 0 Å². The number of hydrogen-bond acceptors (Lipinski definition) is 4. The van der Waals surface area contributed by atoms with Gasteiger partial charge >= 0.3 is 0 Å². The smallest absolute Gasteiger partial charge is 0.117 e. The van der Waals surface area contributed by atoms with Crippen molar-refractivity contribution in [2.75, 3.05) is 23.5 Å². The molecule has 1 saturated heterocycles. The lowest BCUT2D eigenvalue weighted by atomic mass is 9.80. The van der Waals surface area contributed by atoms with Gasteiger partial charge in [0.1, 0.15) is 11.5 Å². The Morgan fingerprint density at radius 3 is 2.30 bits per heavy atom. The summed E-state index contributed by atoms with van der Waals surface area (Å²) >= 11 is 1.91. The summed E-state index contributed by atoms with van der Waals surface area (Å²) in [6.07, 6.45) is 0. The van der Waals surface area contributed by atoms with E-state index in [1.54, 1.807) is 12.1 Å². The predicted molar refractivity (Wildman–Crippen MR) is 82.6 cm³/mol. The Kier molecular flexibility index (Phi) is 2.31. The van der Waals surface area contributed by atoms with Crippen molar-refractivity contribution in [2.45, 2.75) is 5.54 Å². The van der Waals surface area contributed by atoms with Gasteiger partial charge in [-0.2, -0.15) is 11.8 Å². The van der Waals surface area contributed by atoms with Crippen LogP contribution in [-0.4, -0.2) is 28.8 Å². The van der Waals surface area contributed by atoms with Crippen molar-refractivity contribution in [3.8, 4) is 22.6 Å². The molecule has 0 unspecified atom stereocenters. The van der Waals surface area contributed by atoms with Crippen LogP contribution < -0.4 is 4.90 Å². The maximum atomic E-state index is 9.85. The summed E-state index contributed by atoms with van der Waals surface area (Å²) in [4.78, 5) is 2.25. The molecule has 1 spiro atoms. The molecular formula is C16H15NO2S. The summed E-state index contributed by atoms with van der Waals surface area (Å²) in [6, 6.07) is 11.1. The van der Waals surface area contributed by atoms with E-state index < -0.39 is 0 Å². The summed E-state index contributed by atoms with van der Waals surface area (Å²) < 4.78 is 0. The Morgan fingerprint density at radius 1 is 1.00 bits per heavy atom. The largest absolute Gasteiger partial charge is 0.508 e. The number of thioether (sulfide) groups is 1. The molecule has 2 aromatic rings. The second kappa shape index (κ2) is 3.85. The van der Waals surface area contributed by atoms with E-state index in [4.69, 9.17) is 0 Å². The molecule has 2 heterocycles. The van der Waals surface area contributed by atoms with Gasteiger partial charge in [0.25, 0.3) is 0 Å². The van der Waals surface area contributed by atoms with Crippen LogP contribution in [0.5, 0.6) is 11.5 Å². The van der Waals surface area contributed by atoms with Crippen molar-refractivity contribution in [3.05, 3.63) is 42.0 Å². The van der Waals surface area contributed by atoms with Crippen LogP contribution in [0.4, 0.5) is 5.69 Å². The zero-order valence-corrected chi connectivity index (χ0v) is 11.9. The van der Waals surface area contributed by atoms with E-state index in [-0.39, 0.29) is 5.54 Å². The molecule has 2 aliphatic heterocycles. The minimum absolute atomic E-state index is 0.0560. The number of anilines is 1. The third-order valence-electron chi connectivity index (χ3n) is 4.46.